The van der Waals surface area contributed by atoms with Gasteiger partial charge in [-0.25, -0.2) is 0 Å². The van der Waals surface area contributed by atoms with Gasteiger partial charge in [-0.2, -0.15) is 0 Å². The van der Waals surface area contributed by atoms with Gasteiger partial charge in [0.2, 0.25) is 0 Å². The van der Waals surface area contributed by atoms with Crippen LogP contribution in [0.25, 0.3) is 0 Å². The Morgan fingerprint density at radius 2 is 1.93 bits per heavy atom. The van der Waals surface area contributed by atoms with Crippen molar-refractivity contribution in [2.75, 3.05) is 5.73 Å². The fourth-order valence-electron chi connectivity index (χ4n) is 1.47. The molecular weight excluding hydrogens is 188 g/mol. The molecule has 0 atom stereocenters. The van der Waals surface area contributed by atoms with Crippen LogP contribution in [0.2, 0.25) is 0 Å². The highest BCUT2D eigenvalue weighted by molar-refractivity contribution is 5.39. The molecule has 78 valence electrons. The first-order chi connectivity index (χ1) is 7.24. The van der Waals surface area contributed by atoms with Crippen molar-refractivity contribution in [3.8, 4) is 0 Å². The summed E-state index contributed by atoms with van der Waals surface area (Å²) < 4.78 is 1.72. The van der Waals surface area contributed by atoms with E-state index < -0.39 is 0 Å². The molecule has 15 heavy (non-hydrogen) atoms. The van der Waals surface area contributed by atoms with Gasteiger partial charge in [0.25, 0.3) is 0 Å². The molecule has 0 fully saturated rings. The Morgan fingerprint density at radius 3 is 2.53 bits per heavy atom. The molecule has 0 bridgehead atoms. The van der Waals surface area contributed by atoms with Crippen molar-refractivity contribution in [1.82, 2.24) is 15.0 Å². The Balaban J connectivity index is 1.96. The Bertz CT molecular complexity index is 430. The number of nitrogens with two attached hydrogens (primary N) is 1. The zero-order valence-corrected chi connectivity index (χ0v) is 8.72. The van der Waals surface area contributed by atoms with Crippen molar-refractivity contribution in [3.05, 3.63) is 41.7 Å². The monoisotopic (exact) mass is 202 g/mol. The third-order valence-electron chi connectivity index (χ3n) is 2.30. The molecule has 4 nitrogen and oxygen atoms in total. The lowest BCUT2D eigenvalue weighted by Gasteiger charge is -1.99. The number of rotatable bonds is 3. The van der Waals surface area contributed by atoms with Crippen molar-refractivity contribution in [2.45, 2.75) is 12.8 Å². The van der Waals surface area contributed by atoms with Gasteiger partial charge in [0.05, 0.1) is 5.69 Å². The second kappa shape index (κ2) is 4.13. The first-order valence-corrected chi connectivity index (χ1v) is 4.93. The van der Waals surface area contributed by atoms with Gasteiger partial charge < -0.3 is 5.73 Å². The highest BCUT2D eigenvalue weighted by Crippen LogP contribution is 2.08. The first kappa shape index (κ1) is 9.71. The van der Waals surface area contributed by atoms with Gasteiger partial charge >= 0.3 is 0 Å². The minimum atomic E-state index is 0.804. The van der Waals surface area contributed by atoms with Crippen LogP contribution in [0.15, 0.2) is 30.5 Å². The fraction of sp³-hybridized carbons (Fsp3) is 0.273. The van der Waals surface area contributed by atoms with Crippen molar-refractivity contribution >= 4 is 5.69 Å². The maximum atomic E-state index is 5.61. The molecule has 0 amide bonds. The minimum Gasteiger partial charge on any atom is -0.399 e. The number of anilines is 1. The standard InChI is InChI=1S/C11H14N4/c1-15-8-11(13-14-15)7-4-9-2-5-10(12)6-3-9/h2-3,5-6,8H,4,7,12H2,1H3. The van der Waals surface area contributed by atoms with Crippen LogP contribution in [-0.2, 0) is 19.9 Å². The molecule has 1 aromatic heterocycles. The molecule has 4 heteroatoms. The van der Waals surface area contributed by atoms with Crippen LogP contribution < -0.4 is 5.73 Å². The number of hydrogen-bond donors (Lipinski definition) is 1. The van der Waals surface area contributed by atoms with Crippen LogP contribution in [0.4, 0.5) is 5.69 Å². The summed E-state index contributed by atoms with van der Waals surface area (Å²) in [6, 6.07) is 7.94. The summed E-state index contributed by atoms with van der Waals surface area (Å²) in [5, 5.41) is 7.93. The average molecular weight is 202 g/mol. The van der Waals surface area contributed by atoms with E-state index in [4.69, 9.17) is 5.73 Å². The van der Waals surface area contributed by atoms with E-state index in [0.717, 1.165) is 24.2 Å². The smallest absolute Gasteiger partial charge is 0.0830 e. The molecule has 0 saturated heterocycles. The summed E-state index contributed by atoms with van der Waals surface area (Å²) in [5.41, 5.74) is 8.71. The van der Waals surface area contributed by atoms with Crippen LogP contribution >= 0.6 is 0 Å². The molecule has 2 rings (SSSR count). The normalized spacial score (nSPS) is 10.5. The molecule has 0 aliphatic carbocycles. The number of nitrogen functional groups attached to an aromatic ring is 1. The maximum Gasteiger partial charge on any atom is 0.0830 e. The second-order valence-electron chi connectivity index (χ2n) is 3.63. The SMILES string of the molecule is Cn1cc(CCc2ccc(N)cc2)nn1. The molecule has 0 aliphatic heterocycles. The van der Waals surface area contributed by atoms with Crippen LogP contribution in [0, 0.1) is 0 Å². The van der Waals surface area contributed by atoms with E-state index in [1.165, 1.54) is 5.56 Å². The Kier molecular flexibility index (Phi) is 2.67. The van der Waals surface area contributed by atoms with E-state index in [-0.39, 0.29) is 0 Å². The second-order valence-corrected chi connectivity index (χ2v) is 3.63. The first-order valence-electron chi connectivity index (χ1n) is 4.93. The van der Waals surface area contributed by atoms with Gasteiger partial charge in [0.1, 0.15) is 0 Å². The zero-order valence-electron chi connectivity index (χ0n) is 8.72. The molecule has 0 spiro atoms. The van der Waals surface area contributed by atoms with Gasteiger partial charge in [-0.1, -0.05) is 17.3 Å². The van der Waals surface area contributed by atoms with E-state index in [9.17, 15) is 0 Å². The number of benzene rings is 1. The molecule has 0 saturated carbocycles. The summed E-state index contributed by atoms with van der Waals surface area (Å²) in [4.78, 5) is 0. The largest absolute Gasteiger partial charge is 0.399 e. The summed E-state index contributed by atoms with van der Waals surface area (Å²) in [6.45, 7) is 0. The third-order valence-corrected chi connectivity index (χ3v) is 2.30. The Labute approximate surface area is 88.7 Å². The molecule has 0 aliphatic rings. The maximum absolute atomic E-state index is 5.61. The summed E-state index contributed by atoms with van der Waals surface area (Å²) in [6.07, 6.45) is 3.83. The highest BCUT2D eigenvalue weighted by Gasteiger charge is 1.99. The molecule has 2 N–H and O–H groups in total. The fourth-order valence-corrected chi connectivity index (χ4v) is 1.47. The Hall–Kier alpha value is -1.84. The van der Waals surface area contributed by atoms with Crippen LogP contribution in [0.5, 0.6) is 0 Å². The highest BCUT2D eigenvalue weighted by atomic mass is 15.4. The van der Waals surface area contributed by atoms with Gasteiger partial charge in [-0.3, -0.25) is 4.68 Å². The lowest BCUT2D eigenvalue weighted by molar-refractivity contribution is 0.713. The van der Waals surface area contributed by atoms with E-state index in [0.29, 0.717) is 0 Å². The summed E-state index contributed by atoms with van der Waals surface area (Å²) >= 11 is 0. The lowest BCUT2D eigenvalue weighted by Crippen LogP contribution is -1.92. The Morgan fingerprint density at radius 1 is 1.20 bits per heavy atom. The van der Waals surface area contributed by atoms with E-state index >= 15 is 0 Å². The predicted octanol–water partition coefficient (Wildman–Crippen LogP) is 1.18. The number of aryl methyl sites for hydroxylation is 3. The van der Waals surface area contributed by atoms with Gasteiger partial charge in [-0.05, 0) is 30.5 Å². The molecule has 1 aromatic carbocycles. The van der Waals surface area contributed by atoms with Crippen LogP contribution in [0.3, 0.4) is 0 Å². The topological polar surface area (TPSA) is 56.7 Å². The van der Waals surface area contributed by atoms with E-state index in [1.54, 1.807) is 4.68 Å². The van der Waals surface area contributed by atoms with Crippen molar-refractivity contribution in [1.29, 1.82) is 0 Å². The molecular formula is C11H14N4. The van der Waals surface area contributed by atoms with Gasteiger partial charge in [0.15, 0.2) is 0 Å². The van der Waals surface area contributed by atoms with E-state index in [1.807, 2.05) is 37.5 Å². The van der Waals surface area contributed by atoms with Crippen LogP contribution in [-0.4, -0.2) is 15.0 Å². The van der Waals surface area contributed by atoms with Crippen molar-refractivity contribution in [2.24, 2.45) is 7.05 Å². The average Bonchev–Trinajstić information content (AvgIpc) is 2.64. The third kappa shape index (κ3) is 2.56. The number of nitrogens with zero attached hydrogens (tertiary/aromatic N) is 3. The molecule has 1 heterocycles. The number of hydrogen-bond acceptors (Lipinski definition) is 3. The summed E-state index contributed by atoms with van der Waals surface area (Å²) in [5.74, 6) is 0. The minimum absolute atomic E-state index is 0.804. The number of aromatic nitrogens is 3. The molecule has 0 radical (unpaired) electrons. The summed E-state index contributed by atoms with van der Waals surface area (Å²) in [7, 11) is 1.87. The quantitative estimate of drug-likeness (QED) is 0.760. The van der Waals surface area contributed by atoms with Crippen molar-refractivity contribution in [3.63, 3.8) is 0 Å². The van der Waals surface area contributed by atoms with Gasteiger partial charge in [0, 0.05) is 18.9 Å². The van der Waals surface area contributed by atoms with Gasteiger partial charge in [-0.15, -0.1) is 5.10 Å². The predicted molar refractivity (Wildman–Crippen MR) is 59.3 cm³/mol. The zero-order chi connectivity index (χ0) is 10.7. The molecule has 2 aromatic rings. The van der Waals surface area contributed by atoms with Crippen LogP contribution in [0.1, 0.15) is 11.3 Å². The van der Waals surface area contributed by atoms with E-state index in [2.05, 4.69) is 10.3 Å². The lowest BCUT2D eigenvalue weighted by atomic mass is 10.1. The molecule has 0 unspecified atom stereocenters. The van der Waals surface area contributed by atoms with Crippen molar-refractivity contribution < 1.29 is 0 Å².